The molecule has 1 saturated carbocycles. The number of hydrogen-bond acceptors (Lipinski definition) is 4. The van der Waals surface area contributed by atoms with Crippen molar-refractivity contribution in [1.82, 2.24) is 9.55 Å². The number of methoxy groups -OCH3 is 1. The van der Waals surface area contributed by atoms with Gasteiger partial charge in [-0.25, -0.2) is 18.6 Å². The highest BCUT2D eigenvalue weighted by molar-refractivity contribution is 6.34. The number of amides is 1. The minimum atomic E-state index is -1.14. The van der Waals surface area contributed by atoms with Crippen LogP contribution in [0.25, 0.3) is 11.0 Å². The number of nitrogens with zero attached hydrogens (tertiary/aromatic N) is 2. The fourth-order valence-electron chi connectivity index (χ4n) is 5.55. The Bertz CT molecular complexity index is 1550. The Morgan fingerprint density at radius 3 is 2.40 bits per heavy atom. The fraction of sp³-hybridized carbons (Fsp3) is 0.300. The summed E-state index contributed by atoms with van der Waals surface area (Å²) >= 11 is 6.34. The number of carboxylic acid groups (broad SMARTS) is 1. The summed E-state index contributed by atoms with van der Waals surface area (Å²) in [5.41, 5.74) is 1.46. The number of rotatable bonds is 8. The molecule has 1 fully saturated rings. The van der Waals surface area contributed by atoms with Gasteiger partial charge < -0.3 is 19.7 Å². The first-order chi connectivity index (χ1) is 19.3. The summed E-state index contributed by atoms with van der Waals surface area (Å²) in [4.78, 5) is 30.2. The van der Waals surface area contributed by atoms with Gasteiger partial charge in [0, 0.05) is 19.2 Å². The molecule has 3 aromatic carbocycles. The van der Waals surface area contributed by atoms with Crippen LogP contribution in [0.15, 0.2) is 60.7 Å². The minimum Gasteiger partial charge on any atom is -0.478 e. The fourth-order valence-corrected chi connectivity index (χ4v) is 5.78. The first kappa shape index (κ1) is 27.7. The van der Waals surface area contributed by atoms with Crippen LogP contribution in [0.2, 0.25) is 5.02 Å². The van der Waals surface area contributed by atoms with Crippen molar-refractivity contribution in [3.63, 3.8) is 0 Å². The van der Waals surface area contributed by atoms with Crippen LogP contribution in [0.4, 0.5) is 14.5 Å². The van der Waals surface area contributed by atoms with E-state index in [0.29, 0.717) is 5.82 Å². The molecular formula is C30H28ClF2N3O4. The van der Waals surface area contributed by atoms with E-state index in [2.05, 4.69) is 10.3 Å². The third kappa shape index (κ3) is 5.44. The topological polar surface area (TPSA) is 93.5 Å². The molecule has 208 valence electrons. The van der Waals surface area contributed by atoms with Gasteiger partial charge in [0.05, 0.1) is 27.3 Å². The quantitative estimate of drug-likeness (QED) is 0.235. The highest BCUT2D eigenvalue weighted by Crippen LogP contribution is 2.40. The number of halogens is 3. The Hall–Kier alpha value is -3.82. The van der Waals surface area contributed by atoms with Crippen LogP contribution in [0.3, 0.4) is 0 Å². The molecule has 0 aliphatic heterocycles. The molecule has 2 N–H and O–H groups in total. The standard InChI is InChI=1S/C30H28ClF2N3O4/c1-40-27(18-10-6-3-7-11-18)28-34-24-15-21(32)22(33)16-25(24)36(28)26(17-8-4-2-5-9-17)29(37)35-23-13-12-19(30(38)39)14-20(23)31/h3,6-7,10-17,26-27H,2,4-5,8-9H2,1H3,(H,35,37)(H,38,39)/t26-,27-/m1/s1. The first-order valence-electron chi connectivity index (χ1n) is 13.1. The third-order valence-electron chi connectivity index (χ3n) is 7.45. The summed E-state index contributed by atoms with van der Waals surface area (Å²) in [6.45, 7) is 0. The minimum absolute atomic E-state index is 0.0157. The smallest absolute Gasteiger partial charge is 0.335 e. The Labute approximate surface area is 234 Å². The van der Waals surface area contributed by atoms with Gasteiger partial charge in [-0.05, 0) is 42.5 Å². The molecule has 1 amide bonds. The Morgan fingerprint density at radius 2 is 1.75 bits per heavy atom. The second kappa shape index (κ2) is 11.7. The Morgan fingerprint density at radius 1 is 1.05 bits per heavy atom. The summed E-state index contributed by atoms with van der Waals surface area (Å²) in [6, 6.07) is 14.6. The molecule has 10 heteroatoms. The van der Waals surface area contributed by atoms with Gasteiger partial charge in [-0.1, -0.05) is 61.2 Å². The maximum absolute atomic E-state index is 14.6. The van der Waals surface area contributed by atoms with Gasteiger partial charge in [-0.2, -0.15) is 0 Å². The lowest BCUT2D eigenvalue weighted by Gasteiger charge is -2.33. The second-order valence-electron chi connectivity index (χ2n) is 9.95. The molecule has 1 heterocycles. The van der Waals surface area contributed by atoms with Crippen molar-refractivity contribution in [3.05, 3.63) is 94.3 Å². The number of carbonyl (C=O) groups is 2. The lowest BCUT2D eigenvalue weighted by Crippen LogP contribution is -2.35. The zero-order valence-electron chi connectivity index (χ0n) is 21.7. The van der Waals surface area contributed by atoms with E-state index in [1.54, 1.807) is 4.57 Å². The largest absolute Gasteiger partial charge is 0.478 e. The van der Waals surface area contributed by atoms with E-state index >= 15 is 0 Å². The molecule has 1 aliphatic carbocycles. The molecule has 1 aromatic heterocycles. The number of fused-ring (bicyclic) bond motifs is 1. The van der Waals surface area contributed by atoms with Gasteiger partial charge in [-0.15, -0.1) is 0 Å². The van der Waals surface area contributed by atoms with Gasteiger partial charge in [-0.3, -0.25) is 4.79 Å². The van der Waals surface area contributed by atoms with Crippen molar-refractivity contribution >= 4 is 40.2 Å². The van der Waals surface area contributed by atoms with Crippen molar-refractivity contribution in [2.45, 2.75) is 44.2 Å². The van der Waals surface area contributed by atoms with Crippen LogP contribution in [0.5, 0.6) is 0 Å². The average Bonchev–Trinajstić information content (AvgIpc) is 3.28. The van der Waals surface area contributed by atoms with Gasteiger partial charge in [0.25, 0.3) is 0 Å². The number of carboxylic acids is 1. The number of aromatic nitrogens is 2. The van der Waals surface area contributed by atoms with E-state index in [-0.39, 0.29) is 33.2 Å². The lowest BCUT2D eigenvalue weighted by atomic mass is 9.83. The molecule has 1 aliphatic rings. The highest BCUT2D eigenvalue weighted by Gasteiger charge is 2.36. The van der Waals surface area contributed by atoms with E-state index in [1.807, 2.05) is 30.3 Å². The van der Waals surface area contributed by atoms with Crippen LogP contribution in [0, 0.1) is 17.6 Å². The monoisotopic (exact) mass is 567 g/mol. The van der Waals surface area contributed by atoms with Gasteiger partial charge >= 0.3 is 5.97 Å². The van der Waals surface area contributed by atoms with E-state index < -0.39 is 35.7 Å². The molecule has 5 rings (SSSR count). The number of nitrogens with one attached hydrogen (secondary N) is 1. The predicted molar refractivity (Wildman–Crippen MR) is 148 cm³/mol. The molecule has 2 atom stereocenters. The zero-order valence-corrected chi connectivity index (χ0v) is 22.5. The number of hydrogen-bond donors (Lipinski definition) is 2. The normalized spacial score (nSPS) is 15.6. The summed E-state index contributed by atoms with van der Waals surface area (Å²) in [5, 5.41) is 12.2. The number of anilines is 1. The van der Waals surface area contributed by atoms with Crippen LogP contribution in [-0.4, -0.2) is 33.6 Å². The molecule has 0 unspecified atom stereocenters. The van der Waals surface area contributed by atoms with Crippen molar-refractivity contribution < 1.29 is 28.2 Å². The second-order valence-corrected chi connectivity index (χ2v) is 10.4. The van der Waals surface area contributed by atoms with E-state index in [4.69, 9.17) is 16.3 Å². The van der Waals surface area contributed by atoms with Crippen LogP contribution in [-0.2, 0) is 9.53 Å². The number of ether oxygens (including phenoxy) is 1. The van der Waals surface area contributed by atoms with E-state index in [0.717, 1.165) is 49.8 Å². The maximum Gasteiger partial charge on any atom is 0.335 e. The zero-order chi connectivity index (χ0) is 28.4. The average molecular weight is 568 g/mol. The van der Waals surface area contributed by atoms with Gasteiger partial charge in [0.1, 0.15) is 18.0 Å². The molecule has 0 saturated heterocycles. The number of aromatic carboxylic acids is 1. The van der Waals surface area contributed by atoms with Crippen LogP contribution >= 0.6 is 11.6 Å². The van der Waals surface area contributed by atoms with E-state index in [1.165, 1.54) is 25.3 Å². The van der Waals surface area contributed by atoms with Crippen LogP contribution < -0.4 is 5.32 Å². The van der Waals surface area contributed by atoms with Crippen molar-refractivity contribution in [2.75, 3.05) is 12.4 Å². The number of carbonyl (C=O) groups excluding carboxylic acids is 1. The first-order valence-corrected chi connectivity index (χ1v) is 13.4. The molecular weight excluding hydrogens is 540 g/mol. The third-order valence-corrected chi connectivity index (χ3v) is 7.76. The van der Waals surface area contributed by atoms with Gasteiger partial charge in [0.2, 0.25) is 5.91 Å². The molecule has 7 nitrogen and oxygen atoms in total. The highest BCUT2D eigenvalue weighted by atomic mass is 35.5. The molecule has 40 heavy (non-hydrogen) atoms. The summed E-state index contributed by atoms with van der Waals surface area (Å²) < 4.78 is 36.5. The predicted octanol–water partition coefficient (Wildman–Crippen LogP) is 7.16. The van der Waals surface area contributed by atoms with Gasteiger partial charge in [0.15, 0.2) is 11.6 Å². The van der Waals surface area contributed by atoms with Crippen molar-refractivity contribution in [2.24, 2.45) is 5.92 Å². The molecule has 4 aromatic rings. The lowest BCUT2D eigenvalue weighted by molar-refractivity contribution is -0.121. The molecule has 0 bridgehead atoms. The summed E-state index contributed by atoms with van der Waals surface area (Å²) in [5.74, 6) is -3.46. The van der Waals surface area contributed by atoms with Crippen LogP contribution in [0.1, 0.15) is 66.0 Å². The number of imidazole rings is 1. The van der Waals surface area contributed by atoms with Crippen molar-refractivity contribution in [1.29, 1.82) is 0 Å². The summed E-state index contributed by atoms with van der Waals surface area (Å²) in [7, 11) is 1.52. The number of benzene rings is 3. The van der Waals surface area contributed by atoms with Crippen molar-refractivity contribution in [3.8, 4) is 0 Å². The Kier molecular flexibility index (Phi) is 8.14. The summed E-state index contributed by atoms with van der Waals surface area (Å²) in [6.07, 6.45) is 3.64. The Balaban J connectivity index is 1.68. The maximum atomic E-state index is 14.6. The SMILES string of the molecule is CO[C@H](c1ccccc1)c1nc2cc(F)c(F)cc2n1[C@@H](C(=O)Nc1ccc(C(=O)O)cc1Cl)C1CCCCC1. The molecule has 0 radical (unpaired) electrons. The molecule has 0 spiro atoms. The van der Waals surface area contributed by atoms with E-state index in [9.17, 15) is 23.5 Å².